The van der Waals surface area contributed by atoms with Crippen molar-refractivity contribution >= 4 is 11.4 Å². The van der Waals surface area contributed by atoms with Gasteiger partial charge in [-0.2, -0.15) is 18.3 Å². The lowest BCUT2D eigenvalue weighted by molar-refractivity contribution is -0.138. The number of benzene rings is 2. The van der Waals surface area contributed by atoms with E-state index >= 15 is 0 Å². The highest BCUT2D eigenvalue weighted by molar-refractivity contribution is 5.55. The van der Waals surface area contributed by atoms with Gasteiger partial charge in [0.25, 0.3) is 0 Å². The highest BCUT2D eigenvalue weighted by Gasteiger charge is 2.36. The summed E-state index contributed by atoms with van der Waals surface area (Å²) in [7, 11) is 1.83. The summed E-state index contributed by atoms with van der Waals surface area (Å²) in [6.45, 7) is 4.71. The van der Waals surface area contributed by atoms with Crippen molar-refractivity contribution in [2.24, 2.45) is 7.05 Å². The Morgan fingerprint density at radius 3 is 2.49 bits per heavy atom. The molecular formula is C26H29F4N5. The van der Waals surface area contributed by atoms with E-state index in [0.29, 0.717) is 18.9 Å². The summed E-state index contributed by atoms with van der Waals surface area (Å²) in [6.07, 6.45) is -0.820. The number of para-hydroxylation sites is 1. The van der Waals surface area contributed by atoms with E-state index < -0.39 is 11.7 Å². The molecule has 0 amide bonds. The number of rotatable bonds is 4. The molecule has 3 heterocycles. The molecule has 2 aromatic carbocycles. The van der Waals surface area contributed by atoms with Gasteiger partial charge >= 0.3 is 6.18 Å². The van der Waals surface area contributed by atoms with Crippen LogP contribution < -0.4 is 9.80 Å². The number of hydrogen-bond donors (Lipinski definition) is 0. The lowest BCUT2D eigenvalue weighted by Gasteiger charge is -2.44. The minimum absolute atomic E-state index is 0.151. The van der Waals surface area contributed by atoms with E-state index in [-0.39, 0.29) is 24.0 Å². The number of halogens is 4. The molecule has 35 heavy (non-hydrogen) atoms. The molecule has 0 bridgehead atoms. The van der Waals surface area contributed by atoms with Crippen molar-refractivity contribution in [2.45, 2.75) is 45.1 Å². The average molecular weight is 488 g/mol. The van der Waals surface area contributed by atoms with Crippen LogP contribution >= 0.6 is 0 Å². The average Bonchev–Trinajstić information content (AvgIpc) is 3.19. The van der Waals surface area contributed by atoms with Gasteiger partial charge in [0, 0.05) is 45.5 Å². The van der Waals surface area contributed by atoms with Gasteiger partial charge in [0.05, 0.1) is 29.3 Å². The van der Waals surface area contributed by atoms with Gasteiger partial charge in [-0.1, -0.05) is 30.3 Å². The molecule has 1 fully saturated rings. The number of alkyl halides is 3. The van der Waals surface area contributed by atoms with Crippen LogP contribution in [0, 0.1) is 12.7 Å². The molecule has 5 nitrogen and oxygen atoms in total. The Morgan fingerprint density at radius 1 is 1.03 bits per heavy atom. The molecule has 2 aliphatic rings. The SMILES string of the molecule is Cc1cccc(F)c1N1CCC(N2Cc3nn(C)cc3N(Cc3ccccc3C(F)(F)F)C2)CC1. The molecule has 0 spiro atoms. The molecule has 9 heteroatoms. The first-order chi connectivity index (χ1) is 16.7. The van der Waals surface area contributed by atoms with Gasteiger partial charge in [-0.3, -0.25) is 9.58 Å². The quantitative estimate of drug-likeness (QED) is 0.465. The van der Waals surface area contributed by atoms with Crippen molar-refractivity contribution in [3.05, 3.63) is 76.9 Å². The number of aromatic nitrogens is 2. The van der Waals surface area contributed by atoms with Gasteiger partial charge in [0.2, 0.25) is 0 Å². The van der Waals surface area contributed by atoms with Crippen LogP contribution in [0.15, 0.2) is 48.7 Å². The third kappa shape index (κ3) is 4.74. The second-order valence-corrected chi connectivity index (χ2v) is 9.50. The highest BCUT2D eigenvalue weighted by atomic mass is 19.4. The molecule has 186 valence electrons. The molecule has 0 radical (unpaired) electrons. The van der Waals surface area contributed by atoms with Gasteiger partial charge in [0.1, 0.15) is 5.82 Å². The molecule has 0 unspecified atom stereocenters. The maximum atomic E-state index is 14.5. The molecule has 1 saturated heterocycles. The van der Waals surface area contributed by atoms with Crippen molar-refractivity contribution in [3.63, 3.8) is 0 Å². The van der Waals surface area contributed by atoms with Crippen LogP contribution in [0.1, 0.15) is 35.2 Å². The van der Waals surface area contributed by atoms with Gasteiger partial charge in [0.15, 0.2) is 0 Å². The van der Waals surface area contributed by atoms with Crippen molar-refractivity contribution < 1.29 is 17.6 Å². The number of piperidine rings is 1. The third-order valence-electron chi connectivity index (χ3n) is 7.10. The second-order valence-electron chi connectivity index (χ2n) is 9.50. The monoisotopic (exact) mass is 487 g/mol. The Bertz CT molecular complexity index is 1180. The van der Waals surface area contributed by atoms with E-state index in [2.05, 4.69) is 14.9 Å². The smallest absolute Gasteiger partial charge is 0.369 e. The van der Waals surface area contributed by atoms with E-state index in [1.165, 1.54) is 12.1 Å². The fraction of sp³-hybridized carbons (Fsp3) is 0.423. The number of nitrogens with zero attached hydrogens (tertiary/aromatic N) is 5. The Morgan fingerprint density at radius 2 is 1.77 bits per heavy atom. The first kappa shape index (κ1) is 23.7. The minimum Gasteiger partial charge on any atom is -0.369 e. The van der Waals surface area contributed by atoms with Crippen LogP contribution in [0.5, 0.6) is 0 Å². The predicted molar refractivity (Wildman–Crippen MR) is 128 cm³/mol. The number of aryl methyl sites for hydroxylation is 2. The molecular weight excluding hydrogens is 458 g/mol. The van der Waals surface area contributed by atoms with Crippen molar-refractivity contribution in [1.82, 2.24) is 14.7 Å². The first-order valence-electron chi connectivity index (χ1n) is 11.9. The Labute approximate surface area is 202 Å². The van der Waals surface area contributed by atoms with Crippen LogP contribution in [-0.4, -0.2) is 40.5 Å². The zero-order chi connectivity index (χ0) is 24.7. The Kier molecular flexibility index (Phi) is 6.21. The Hall–Kier alpha value is -3.07. The maximum Gasteiger partial charge on any atom is 0.416 e. The van der Waals surface area contributed by atoms with E-state index in [0.717, 1.165) is 48.9 Å². The van der Waals surface area contributed by atoms with Crippen LogP contribution in [0.3, 0.4) is 0 Å². The maximum absolute atomic E-state index is 14.5. The molecule has 0 atom stereocenters. The zero-order valence-corrected chi connectivity index (χ0v) is 19.9. The number of anilines is 2. The zero-order valence-electron chi connectivity index (χ0n) is 19.9. The third-order valence-corrected chi connectivity index (χ3v) is 7.10. The van der Waals surface area contributed by atoms with Crippen molar-refractivity contribution in [3.8, 4) is 0 Å². The summed E-state index contributed by atoms with van der Waals surface area (Å²) in [5.74, 6) is -0.200. The summed E-state index contributed by atoms with van der Waals surface area (Å²) < 4.78 is 57.1. The Balaban J connectivity index is 1.35. The standard InChI is InChI=1S/C26H29F4N5/c1-18-6-5-9-22(27)25(18)33-12-10-20(11-13-33)34-15-23-24(16-32(2)31-23)35(17-34)14-19-7-3-4-8-21(19)26(28,29)30/h3-9,16,20H,10-15,17H2,1-2H3. The van der Waals surface area contributed by atoms with Gasteiger partial charge in [-0.25, -0.2) is 4.39 Å². The number of hydrogen-bond acceptors (Lipinski definition) is 4. The fourth-order valence-corrected chi connectivity index (χ4v) is 5.43. The minimum atomic E-state index is -4.40. The van der Waals surface area contributed by atoms with Crippen LogP contribution in [0.25, 0.3) is 0 Å². The normalized spacial score (nSPS) is 17.7. The summed E-state index contributed by atoms with van der Waals surface area (Å²) in [5.41, 5.74) is 2.99. The van der Waals surface area contributed by atoms with Crippen LogP contribution in [-0.2, 0) is 26.3 Å². The van der Waals surface area contributed by atoms with E-state index in [1.54, 1.807) is 22.9 Å². The van der Waals surface area contributed by atoms with Crippen LogP contribution in [0.4, 0.5) is 28.9 Å². The van der Waals surface area contributed by atoms with E-state index in [9.17, 15) is 17.6 Å². The van der Waals surface area contributed by atoms with Crippen molar-refractivity contribution in [1.29, 1.82) is 0 Å². The second kappa shape index (κ2) is 9.18. The summed E-state index contributed by atoms with van der Waals surface area (Å²) in [4.78, 5) is 6.40. The molecule has 0 saturated carbocycles. The largest absolute Gasteiger partial charge is 0.416 e. The predicted octanol–water partition coefficient (Wildman–Crippen LogP) is 5.34. The fourth-order valence-electron chi connectivity index (χ4n) is 5.43. The first-order valence-corrected chi connectivity index (χ1v) is 11.9. The van der Waals surface area contributed by atoms with Crippen LogP contribution in [0.2, 0.25) is 0 Å². The lowest BCUT2D eigenvalue weighted by atomic mass is 10.00. The molecule has 0 N–H and O–H groups in total. The van der Waals surface area contributed by atoms with E-state index in [1.807, 2.05) is 31.1 Å². The lowest BCUT2D eigenvalue weighted by Crippen LogP contribution is -2.51. The summed E-state index contributed by atoms with van der Waals surface area (Å²) in [5, 5.41) is 4.60. The molecule has 3 aromatic rings. The summed E-state index contributed by atoms with van der Waals surface area (Å²) in [6, 6.07) is 11.2. The van der Waals surface area contributed by atoms with Gasteiger partial charge in [-0.15, -0.1) is 0 Å². The molecule has 1 aromatic heterocycles. The van der Waals surface area contributed by atoms with Gasteiger partial charge in [-0.05, 0) is 43.0 Å². The highest BCUT2D eigenvalue weighted by Crippen LogP contribution is 2.36. The topological polar surface area (TPSA) is 27.5 Å². The number of fused-ring (bicyclic) bond motifs is 1. The molecule has 0 aliphatic carbocycles. The summed E-state index contributed by atoms with van der Waals surface area (Å²) >= 11 is 0. The van der Waals surface area contributed by atoms with Gasteiger partial charge < -0.3 is 9.80 Å². The van der Waals surface area contributed by atoms with Crippen molar-refractivity contribution in [2.75, 3.05) is 29.6 Å². The molecule has 5 rings (SSSR count). The molecule has 2 aliphatic heterocycles. The van der Waals surface area contributed by atoms with E-state index in [4.69, 9.17) is 0 Å².